The molecule has 2 aromatic rings. The van der Waals surface area contributed by atoms with E-state index in [1.54, 1.807) is 12.0 Å². The first kappa shape index (κ1) is 17.7. The van der Waals surface area contributed by atoms with E-state index in [0.717, 1.165) is 11.3 Å². The van der Waals surface area contributed by atoms with Crippen LogP contribution >= 0.6 is 11.6 Å². The molecule has 5 nitrogen and oxygen atoms in total. The van der Waals surface area contributed by atoms with E-state index in [2.05, 4.69) is 9.97 Å². The lowest BCUT2D eigenvalue weighted by atomic mass is 10.1. The maximum absolute atomic E-state index is 13.2. The number of aromatic nitrogens is 2. The molecule has 2 heterocycles. The predicted octanol–water partition coefficient (Wildman–Crippen LogP) is 3.95. The summed E-state index contributed by atoms with van der Waals surface area (Å²) in [4.78, 5) is 10.1. The minimum atomic E-state index is -2.60. The molecule has 1 aliphatic heterocycles. The highest BCUT2D eigenvalue weighted by Crippen LogP contribution is 2.31. The molecule has 8 heteroatoms. The maximum Gasteiger partial charge on any atom is 0.252 e. The number of anilines is 1. The number of benzene rings is 1. The summed E-state index contributed by atoms with van der Waals surface area (Å²) in [5, 5.41) is 0.114. The number of hydrogen-bond acceptors (Lipinski definition) is 5. The number of nitrogens with zero attached hydrogens (tertiary/aromatic N) is 3. The molecule has 0 radical (unpaired) electrons. The van der Waals surface area contributed by atoms with Crippen LogP contribution in [-0.4, -0.2) is 36.1 Å². The van der Waals surface area contributed by atoms with Crippen molar-refractivity contribution >= 4 is 17.4 Å². The van der Waals surface area contributed by atoms with Gasteiger partial charge >= 0.3 is 0 Å². The number of piperidine rings is 1. The lowest BCUT2D eigenvalue weighted by molar-refractivity contribution is -0.0221. The highest BCUT2D eigenvalue weighted by Gasteiger charge is 2.34. The van der Waals surface area contributed by atoms with Crippen LogP contribution in [0.25, 0.3) is 0 Å². The molecule has 0 unspecified atom stereocenters. The van der Waals surface area contributed by atoms with E-state index >= 15 is 0 Å². The Morgan fingerprint density at radius 3 is 2.48 bits per heavy atom. The van der Waals surface area contributed by atoms with Gasteiger partial charge in [-0.15, -0.1) is 0 Å². The number of ether oxygens (including phenoxy) is 2. The van der Waals surface area contributed by atoms with Crippen molar-refractivity contribution in [1.29, 1.82) is 0 Å². The molecule has 25 heavy (non-hydrogen) atoms. The van der Waals surface area contributed by atoms with E-state index in [1.165, 1.54) is 6.20 Å². The third kappa shape index (κ3) is 4.48. The monoisotopic (exact) mass is 369 g/mol. The van der Waals surface area contributed by atoms with Crippen LogP contribution in [0.3, 0.4) is 0 Å². The second-order valence-corrected chi connectivity index (χ2v) is 6.16. The molecular weight excluding hydrogens is 352 g/mol. The van der Waals surface area contributed by atoms with Gasteiger partial charge in [-0.25, -0.2) is 18.7 Å². The van der Waals surface area contributed by atoms with Crippen LogP contribution in [0, 0.1) is 0 Å². The van der Waals surface area contributed by atoms with Crippen molar-refractivity contribution < 1.29 is 18.3 Å². The molecule has 134 valence electrons. The average molecular weight is 370 g/mol. The molecule has 0 aliphatic carbocycles. The molecule has 0 atom stereocenters. The number of halogens is 3. The average Bonchev–Trinajstić information content (AvgIpc) is 2.61. The first-order valence-corrected chi connectivity index (χ1v) is 8.26. The first-order chi connectivity index (χ1) is 12.0. The van der Waals surface area contributed by atoms with Gasteiger partial charge in [0.1, 0.15) is 18.2 Å². The molecule has 0 N–H and O–H groups in total. The summed E-state index contributed by atoms with van der Waals surface area (Å²) >= 11 is 6.13. The van der Waals surface area contributed by atoms with E-state index in [9.17, 15) is 8.78 Å². The normalized spacial score (nSPS) is 16.6. The van der Waals surface area contributed by atoms with Gasteiger partial charge in [0.2, 0.25) is 0 Å². The van der Waals surface area contributed by atoms with Crippen LogP contribution in [0.15, 0.2) is 30.5 Å². The Morgan fingerprint density at radius 1 is 1.20 bits per heavy atom. The fraction of sp³-hybridized carbons (Fsp3) is 0.412. The Morgan fingerprint density at radius 2 is 1.88 bits per heavy atom. The van der Waals surface area contributed by atoms with Gasteiger partial charge in [0, 0.05) is 25.9 Å². The van der Waals surface area contributed by atoms with Gasteiger partial charge < -0.3 is 14.4 Å². The predicted molar refractivity (Wildman–Crippen MR) is 90.8 cm³/mol. The lowest BCUT2D eigenvalue weighted by Crippen LogP contribution is -2.39. The molecular formula is C17H18ClF2N3O2. The van der Waals surface area contributed by atoms with E-state index in [1.807, 2.05) is 24.3 Å². The zero-order valence-electron chi connectivity index (χ0n) is 13.7. The summed E-state index contributed by atoms with van der Waals surface area (Å²) in [6.07, 6.45) is 1.11. The summed E-state index contributed by atoms with van der Waals surface area (Å²) < 4.78 is 37.1. The fourth-order valence-corrected chi connectivity index (χ4v) is 2.72. The van der Waals surface area contributed by atoms with Crippen molar-refractivity contribution in [2.24, 2.45) is 0 Å². The fourth-order valence-electron chi connectivity index (χ4n) is 2.53. The van der Waals surface area contributed by atoms with Crippen molar-refractivity contribution in [2.45, 2.75) is 25.4 Å². The van der Waals surface area contributed by atoms with Crippen LogP contribution in [-0.2, 0) is 6.61 Å². The summed E-state index contributed by atoms with van der Waals surface area (Å²) in [5.41, 5.74) is 0.931. The Kier molecular flexibility index (Phi) is 5.22. The van der Waals surface area contributed by atoms with Gasteiger partial charge in [-0.2, -0.15) is 0 Å². The number of alkyl halides is 2. The number of rotatable bonds is 5. The molecule has 0 amide bonds. The summed E-state index contributed by atoms with van der Waals surface area (Å²) in [5.74, 6) is -1.14. The molecule has 1 aromatic carbocycles. The van der Waals surface area contributed by atoms with Crippen molar-refractivity contribution in [3.05, 3.63) is 41.2 Å². The summed E-state index contributed by atoms with van der Waals surface area (Å²) in [6.45, 7) is 0.738. The van der Waals surface area contributed by atoms with E-state index in [-0.39, 0.29) is 43.6 Å². The van der Waals surface area contributed by atoms with Crippen molar-refractivity contribution in [1.82, 2.24) is 9.97 Å². The molecule has 0 spiro atoms. The standard InChI is InChI=1S/C17H18ClF2N3O2/c1-24-13-4-2-12(3-5-13)11-25-16-15(18)22-14(10-21-16)23-8-6-17(19,20)7-9-23/h2-5,10H,6-9,11H2,1H3. The van der Waals surface area contributed by atoms with Crippen LogP contribution in [0.2, 0.25) is 5.15 Å². The molecule has 1 aromatic heterocycles. The van der Waals surface area contributed by atoms with Crippen molar-refractivity contribution in [2.75, 3.05) is 25.1 Å². The third-order valence-corrected chi connectivity index (χ3v) is 4.29. The zero-order valence-corrected chi connectivity index (χ0v) is 14.5. The Bertz CT molecular complexity index is 718. The largest absolute Gasteiger partial charge is 0.497 e. The first-order valence-electron chi connectivity index (χ1n) is 7.88. The van der Waals surface area contributed by atoms with Gasteiger partial charge in [0.05, 0.1) is 13.3 Å². The SMILES string of the molecule is COc1ccc(COc2ncc(N3CCC(F)(F)CC3)nc2Cl)cc1. The third-order valence-electron chi connectivity index (χ3n) is 4.04. The molecule has 3 rings (SSSR count). The molecule has 0 saturated carbocycles. The molecule has 0 bridgehead atoms. The molecule has 1 saturated heterocycles. The van der Waals surface area contributed by atoms with E-state index in [4.69, 9.17) is 21.1 Å². The van der Waals surface area contributed by atoms with Gasteiger partial charge in [-0.05, 0) is 17.7 Å². The van der Waals surface area contributed by atoms with E-state index in [0.29, 0.717) is 5.82 Å². The van der Waals surface area contributed by atoms with Crippen LogP contribution in [0.5, 0.6) is 11.6 Å². The van der Waals surface area contributed by atoms with Gasteiger partial charge in [-0.1, -0.05) is 23.7 Å². The highest BCUT2D eigenvalue weighted by atomic mass is 35.5. The van der Waals surface area contributed by atoms with Gasteiger partial charge in [0.15, 0.2) is 5.15 Å². The Labute approximate surface area is 149 Å². The minimum Gasteiger partial charge on any atom is -0.497 e. The smallest absolute Gasteiger partial charge is 0.252 e. The number of hydrogen-bond donors (Lipinski definition) is 0. The highest BCUT2D eigenvalue weighted by molar-refractivity contribution is 6.30. The van der Waals surface area contributed by atoms with Gasteiger partial charge in [0.25, 0.3) is 11.8 Å². The van der Waals surface area contributed by atoms with Crippen molar-refractivity contribution in [3.63, 3.8) is 0 Å². The Balaban J connectivity index is 1.61. The summed E-state index contributed by atoms with van der Waals surface area (Å²) in [7, 11) is 1.60. The van der Waals surface area contributed by atoms with Gasteiger partial charge in [-0.3, -0.25) is 0 Å². The van der Waals surface area contributed by atoms with Crippen LogP contribution < -0.4 is 14.4 Å². The Hall–Kier alpha value is -2.15. The maximum atomic E-state index is 13.2. The number of methoxy groups -OCH3 is 1. The lowest BCUT2D eigenvalue weighted by Gasteiger charge is -2.32. The quantitative estimate of drug-likeness (QED) is 0.798. The molecule has 1 aliphatic rings. The second kappa shape index (κ2) is 7.39. The second-order valence-electron chi connectivity index (χ2n) is 5.80. The van der Waals surface area contributed by atoms with Crippen LogP contribution in [0.4, 0.5) is 14.6 Å². The zero-order chi connectivity index (χ0) is 17.9. The van der Waals surface area contributed by atoms with Crippen LogP contribution in [0.1, 0.15) is 18.4 Å². The van der Waals surface area contributed by atoms with E-state index < -0.39 is 5.92 Å². The minimum absolute atomic E-state index is 0.114. The topological polar surface area (TPSA) is 47.5 Å². The summed E-state index contributed by atoms with van der Waals surface area (Å²) in [6, 6.07) is 7.42. The molecule has 1 fully saturated rings. The van der Waals surface area contributed by atoms with Crippen molar-refractivity contribution in [3.8, 4) is 11.6 Å².